The number of fused-ring (bicyclic) bond motifs is 1. The van der Waals surface area contributed by atoms with Crippen LogP contribution >= 0.6 is 0 Å². The molecule has 1 saturated heterocycles. The van der Waals surface area contributed by atoms with Gasteiger partial charge in [-0.3, -0.25) is 4.90 Å². The van der Waals surface area contributed by atoms with Crippen LogP contribution in [0.5, 0.6) is 5.75 Å². The molecule has 0 amide bonds. The molecule has 2 fully saturated rings. The van der Waals surface area contributed by atoms with Crippen molar-refractivity contribution < 1.29 is 4.74 Å². The van der Waals surface area contributed by atoms with Gasteiger partial charge in [0, 0.05) is 19.1 Å². The third kappa shape index (κ3) is 3.46. The van der Waals surface area contributed by atoms with Crippen LogP contribution in [0.3, 0.4) is 0 Å². The first-order valence-corrected chi connectivity index (χ1v) is 11.1. The maximum Gasteiger partial charge on any atom is 0.140 e. The maximum atomic E-state index is 6.87. The van der Waals surface area contributed by atoms with Gasteiger partial charge < -0.3 is 10.5 Å². The zero-order chi connectivity index (χ0) is 18.9. The average molecular weight is 377 g/mol. The van der Waals surface area contributed by atoms with E-state index in [0.717, 1.165) is 38.1 Å². The Hall–Kier alpha value is -1.84. The van der Waals surface area contributed by atoms with Crippen LogP contribution in [0.2, 0.25) is 0 Å². The van der Waals surface area contributed by atoms with E-state index in [9.17, 15) is 0 Å². The van der Waals surface area contributed by atoms with Gasteiger partial charge in [0.15, 0.2) is 0 Å². The van der Waals surface area contributed by atoms with E-state index >= 15 is 0 Å². The summed E-state index contributed by atoms with van der Waals surface area (Å²) in [5.41, 5.74) is 10.4. The predicted molar refractivity (Wildman–Crippen MR) is 114 cm³/mol. The van der Waals surface area contributed by atoms with Crippen LogP contribution in [0.4, 0.5) is 0 Å². The molecule has 5 rings (SSSR count). The summed E-state index contributed by atoms with van der Waals surface area (Å²) in [6.07, 6.45) is 8.69. The molecular weight excluding hydrogens is 344 g/mol. The van der Waals surface area contributed by atoms with Crippen molar-refractivity contribution in [3.05, 3.63) is 65.2 Å². The minimum absolute atomic E-state index is 0.119. The SMILES string of the molecule is NC1CCN([C@@H]2Cc3ccccc3C2Oc2ccccc2C2CCCC2)CC1. The smallest absolute Gasteiger partial charge is 0.140 e. The molecule has 3 nitrogen and oxygen atoms in total. The normalized spacial score (nSPS) is 26.5. The molecule has 0 radical (unpaired) electrons. The van der Waals surface area contributed by atoms with E-state index in [1.807, 2.05) is 0 Å². The number of benzene rings is 2. The fraction of sp³-hybridized carbons (Fsp3) is 0.520. The summed E-state index contributed by atoms with van der Waals surface area (Å²) in [5, 5.41) is 0. The second-order valence-electron chi connectivity index (χ2n) is 8.90. The van der Waals surface area contributed by atoms with E-state index in [-0.39, 0.29) is 6.10 Å². The minimum atomic E-state index is 0.119. The Labute approximate surface area is 168 Å². The Kier molecular flexibility index (Phi) is 5.13. The van der Waals surface area contributed by atoms with Crippen LogP contribution in [-0.2, 0) is 6.42 Å². The Morgan fingerprint density at radius 2 is 1.50 bits per heavy atom. The summed E-state index contributed by atoms with van der Waals surface area (Å²) < 4.78 is 6.87. The van der Waals surface area contributed by atoms with Gasteiger partial charge >= 0.3 is 0 Å². The second kappa shape index (κ2) is 7.88. The highest BCUT2D eigenvalue weighted by Crippen LogP contribution is 2.43. The van der Waals surface area contributed by atoms with E-state index in [2.05, 4.69) is 53.4 Å². The van der Waals surface area contributed by atoms with Gasteiger partial charge in [0.1, 0.15) is 11.9 Å². The number of nitrogens with zero attached hydrogens (tertiary/aromatic N) is 1. The first-order valence-electron chi connectivity index (χ1n) is 11.1. The molecule has 1 saturated carbocycles. The zero-order valence-corrected chi connectivity index (χ0v) is 16.7. The van der Waals surface area contributed by atoms with E-state index in [0.29, 0.717) is 18.0 Å². The molecule has 2 aromatic rings. The zero-order valence-electron chi connectivity index (χ0n) is 16.7. The van der Waals surface area contributed by atoms with Crippen molar-refractivity contribution in [1.29, 1.82) is 0 Å². The van der Waals surface area contributed by atoms with Gasteiger partial charge in [-0.2, -0.15) is 0 Å². The Bertz CT molecular complexity index is 806. The maximum absolute atomic E-state index is 6.87. The van der Waals surface area contributed by atoms with Gasteiger partial charge in [-0.15, -0.1) is 0 Å². The number of piperidine rings is 1. The quantitative estimate of drug-likeness (QED) is 0.832. The number of hydrogen-bond donors (Lipinski definition) is 1. The molecule has 148 valence electrons. The van der Waals surface area contributed by atoms with Gasteiger partial charge in [-0.1, -0.05) is 55.3 Å². The first-order chi connectivity index (χ1) is 13.8. The summed E-state index contributed by atoms with van der Waals surface area (Å²) in [7, 11) is 0. The topological polar surface area (TPSA) is 38.5 Å². The predicted octanol–water partition coefficient (Wildman–Crippen LogP) is 4.81. The van der Waals surface area contributed by atoms with Crippen molar-refractivity contribution in [2.24, 2.45) is 5.73 Å². The number of para-hydroxylation sites is 1. The van der Waals surface area contributed by atoms with Crippen molar-refractivity contribution in [2.45, 2.75) is 69.1 Å². The molecule has 0 aromatic heterocycles. The van der Waals surface area contributed by atoms with Crippen LogP contribution in [0.25, 0.3) is 0 Å². The number of rotatable bonds is 4. The van der Waals surface area contributed by atoms with Gasteiger partial charge in [-0.05, 0) is 60.8 Å². The molecule has 3 heteroatoms. The number of nitrogens with two attached hydrogens (primary N) is 1. The van der Waals surface area contributed by atoms with Crippen molar-refractivity contribution in [2.75, 3.05) is 13.1 Å². The molecule has 2 aromatic carbocycles. The lowest BCUT2D eigenvalue weighted by molar-refractivity contribution is 0.0603. The fourth-order valence-corrected chi connectivity index (χ4v) is 5.55. The highest BCUT2D eigenvalue weighted by Gasteiger charge is 2.39. The molecule has 2 aliphatic carbocycles. The molecule has 3 aliphatic rings. The fourth-order valence-electron chi connectivity index (χ4n) is 5.55. The van der Waals surface area contributed by atoms with Crippen LogP contribution < -0.4 is 10.5 Å². The van der Waals surface area contributed by atoms with Crippen LogP contribution in [0.15, 0.2) is 48.5 Å². The lowest BCUT2D eigenvalue weighted by Gasteiger charge is -2.38. The third-order valence-corrected chi connectivity index (χ3v) is 7.15. The lowest BCUT2D eigenvalue weighted by atomic mass is 9.96. The number of ether oxygens (including phenoxy) is 1. The van der Waals surface area contributed by atoms with Crippen molar-refractivity contribution >= 4 is 0 Å². The molecule has 2 atom stereocenters. The third-order valence-electron chi connectivity index (χ3n) is 7.15. The van der Waals surface area contributed by atoms with Crippen LogP contribution in [0.1, 0.15) is 67.2 Å². The minimum Gasteiger partial charge on any atom is -0.484 e. The second-order valence-corrected chi connectivity index (χ2v) is 8.90. The Morgan fingerprint density at radius 1 is 0.821 bits per heavy atom. The van der Waals surface area contributed by atoms with Gasteiger partial charge in [0.25, 0.3) is 0 Å². The molecule has 0 spiro atoms. The van der Waals surface area contributed by atoms with Gasteiger partial charge in [0.05, 0.1) is 6.04 Å². The van der Waals surface area contributed by atoms with Crippen LogP contribution in [0, 0.1) is 0 Å². The van der Waals surface area contributed by atoms with Crippen molar-refractivity contribution in [3.8, 4) is 5.75 Å². The summed E-state index contributed by atoms with van der Waals surface area (Å²) in [4.78, 5) is 2.63. The van der Waals surface area contributed by atoms with Crippen molar-refractivity contribution in [3.63, 3.8) is 0 Å². The molecule has 1 unspecified atom stereocenters. The van der Waals surface area contributed by atoms with E-state index in [4.69, 9.17) is 10.5 Å². The summed E-state index contributed by atoms with van der Waals surface area (Å²) in [6.45, 7) is 2.17. The van der Waals surface area contributed by atoms with E-state index in [1.54, 1.807) is 0 Å². The molecule has 2 N–H and O–H groups in total. The molecule has 28 heavy (non-hydrogen) atoms. The summed E-state index contributed by atoms with van der Waals surface area (Å²) >= 11 is 0. The number of hydrogen-bond acceptors (Lipinski definition) is 3. The highest BCUT2D eigenvalue weighted by molar-refractivity contribution is 5.41. The Morgan fingerprint density at radius 3 is 2.29 bits per heavy atom. The van der Waals surface area contributed by atoms with E-state index < -0.39 is 0 Å². The standard InChI is InChI=1S/C25H32N2O/c26-20-13-15-27(16-14-20)23-17-19-9-3-4-11-22(19)25(23)28-24-12-6-5-10-21(24)18-7-1-2-8-18/h3-6,9-12,18,20,23,25H,1-2,7-8,13-17,26H2/t23-,25?/m1/s1. The number of likely N-dealkylation sites (tertiary alicyclic amines) is 1. The molecular formula is C25H32N2O. The molecule has 1 aliphatic heterocycles. The lowest BCUT2D eigenvalue weighted by Crippen LogP contribution is -2.47. The van der Waals surface area contributed by atoms with Crippen molar-refractivity contribution in [1.82, 2.24) is 4.90 Å². The monoisotopic (exact) mass is 376 g/mol. The Balaban J connectivity index is 1.44. The summed E-state index contributed by atoms with van der Waals surface area (Å²) in [5.74, 6) is 1.77. The first kappa shape index (κ1) is 18.2. The molecule has 1 heterocycles. The largest absolute Gasteiger partial charge is 0.484 e. The summed E-state index contributed by atoms with van der Waals surface area (Å²) in [6, 6.07) is 18.4. The van der Waals surface area contributed by atoms with Gasteiger partial charge in [0.2, 0.25) is 0 Å². The van der Waals surface area contributed by atoms with Crippen LogP contribution in [-0.4, -0.2) is 30.1 Å². The van der Waals surface area contributed by atoms with E-state index in [1.165, 1.54) is 42.4 Å². The van der Waals surface area contributed by atoms with Gasteiger partial charge in [-0.25, -0.2) is 0 Å². The molecule has 0 bridgehead atoms. The average Bonchev–Trinajstić information content (AvgIpc) is 3.38. The highest BCUT2D eigenvalue weighted by atomic mass is 16.5.